The number of aliphatic hydroxyl groups excluding tert-OH is 1. The molecule has 94 valence electrons. The summed E-state index contributed by atoms with van der Waals surface area (Å²) < 4.78 is 5.66. The summed E-state index contributed by atoms with van der Waals surface area (Å²) in [6.45, 7) is 1.65. The van der Waals surface area contributed by atoms with Crippen LogP contribution in [0.3, 0.4) is 0 Å². The molecule has 1 atom stereocenters. The van der Waals surface area contributed by atoms with Crippen LogP contribution in [0.2, 0.25) is 0 Å². The second-order valence-electron chi connectivity index (χ2n) is 3.82. The maximum Gasteiger partial charge on any atom is 0.291 e. The topological polar surface area (TPSA) is 62.5 Å². The molecule has 1 aromatic carbocycles. The van der Waals surface area contributed by atoms with Crippen LogP contribution in [0.1, 0.15) is 29.1 Å². The van der Waals surface area contributed by atoms with E-state index in [-0.39, 0.29) is 11.7 Å². The fourth-order valence-corrected chi connectivity index (χ4v) is 1.90. The Bertz CT molecular complexity index is 563. The molecule has 0 aliphatic rings. The van der Waals surface area contributed by atoms with Gasteiger partial charge in [-0.05, 0) is 41.1 Å². The van der Waals surface area contributed by atoms with Gasteiger partial charge in [0.2, 0.25) is 0 Å². The van der Waals surface area contributed by atoms with Gasteiger partial charge in [-0.15, -0.1) is 0 Å². The van der Waals surface area contributed by atoms with E-state index in [2.05, 4.69) is 21.2 Å². The predicted molar refractivity (Wildman–Crippen MR) is 71.4 cm³/mol. The lowest BCUT2D eigenvalue weighted by atomic mass is 10.1. The van der Waals surface area contributed by atoms with Crippen molar-refractivity contribution in [3.05, 3.63) is 52.4 Å². The van der Waals surface area contributed by atoms with Gasteiger partial charge >= 0.3 is 0 Å². The molecule has 0 radical (unpaired) electrons. The second kappa shape index (κ2) is 5.37. The van der Waals surface area contributed by atoms with E-state index in [9.17, 15) is 9.90 Å². The molecule has 0 saturated carbocycles. The van der Waals surface area contributed by atoms with E-state index in [1.54, 1.807) is 43.3 Å². The number of carbonyl (C=O) groups is 1. The number of furan rings is 1. The molecular weight excluding hydrogens is 298 g/mol. The minimum Gasteiger partial charge on any atom is -0.444 e. The van der Waals surface area contributed by atoms with Gasteiger partial charge < -0.3 is 14.8 Å². The molecule has 18 heavy (non-hydrogen) atoms. The van der Waals surface area contributed by atoms with Crippen LogP contribution in [0.5, 0.6) is 0 Å². The highest BCUT2D eigenvalue weighted by Gasteiger charge is 2.14. The summed E-state index contributed by atoms with van der Waals surface area (Å²) in [6.07, 6.45) is -0.648. The third kappa shape index (κ3) is 2.80. The van der Waals surface area contributed by atoms with Crippen molar-refractivity contribution in [3.63, 3.8) is 0 Å². The number of para-hydroxylation sites is 1. The maximum absolute atomic E-state index is 11.9. The Hall–Kier alpha value is -1.59. The normalized spacial score (nSPS) is 12.2. The summed E-state index contributed by atoms with van der Waals surface area (Å²) in [5, 5.41) is 12.3. The van der Waals surface area contributed by atoms with Crippen molar-refractivity contribution in [2.75, 3.05) is 5.32 Å². The van der Waals surface area contributed by atoms with Crippen LogP contribution in [0.15, 0.2) is 45.5 Å². The SMILES string of the molecule is CC(O)c1ccccc1NC(=O)c1ccc(Br)o1. The van der Waals surface area contributed by atoms with Gasteiger partial charge in [-0.3, -0.25) is 4.79 Å². The Labute approximate surface area is 113 Å². The Balaban J connectivity index is 2.22. The number of hydrogen-bond donors (Lipinski definition) is 2. The summed E-state index contributed by atoms with van der Waals surface area (Å²) in [6, 6.07) is 10.3. The molecule has 0 spiro atoms. The molecule has 0 bridgehead atoms. The first-order valence-electron chi connectivity index (χ1n) is 5.41. The first kappa shape index (κ1) is 12.9. The highest BCUT2D eigenvalue weighted by atomic mass is 79.9. The van der Waals surface area contributed by atoms with Gasteiger partial charge in [0.1, 0.15) is 0 Å². The van der Waals surface area contributed by atoms with Crippen molar-refractivity contribution >= 4 is 27.5 Å². The van der Waals surface area contributed by atoms with Crippen LogP contribution in [0, 0.1) is 0 Å². The molecule has 2 aromatic rings. The summed E-state index contributed by atoms with van der Waals surface area (Å²) in [4.78, 5) is 11.9. The standard InChI is InChI=1S/C13H12BrNO3/c1-8(16)9-4-2-3-5-10(9)15-13(17)11-6-7-12(14)18-11/h2-8,16H,1H3,(H,15,17). The van der Waals surface area contributed by atoms with Crippen LogP contribution in [0.4, 0.5) is 5.69 Å². The van der Waals surface area contributed by atoms with Gasteiger partial charge in [0.05, 0.1) is 6.10 Å². The fraction of sp³-hybridized carbons (Fsp3) is 0.154. The number of anilines is 1. The summed E-state index contributed by atoms with van der Waals surface area (Å²) in [5.74, 6) is -0.143. The van der Waals surface area contributed by atoms with Crippen LogP contribution in [0.25, 0.3) is 0 Å². The van der Waals surface area contributed by atoms with E-state index < -0.39 is 6.10 Å². The zero-order valence-corrected chi connectivity index (χ0v) is 11.3. The van der Waals surface area contributed by atoms with E-state index in [4.69, 9.17) is 4.42 Å². The van der Waals surface area contributed by atoms with E-state index in [0.29, 0.717) is 15.9 Å². The molecule has 0 fully saturated rings. The number of nitrogens with one attached hydrogen (secondary N) is 1. The van der Waals surface area contributed by atoms with Crippen molar-refractivity contribution in [1.29, 1.82) is 0 Å². The zero-order chi connectivity index (χ0) is 13.1. The van der Waals surface area contributed by atoms with Gasteiger partial charge in [-0.2, -0.15) is 0 Å². The van der Waals surface area contributed by atoms with Crippen molar-refractivity contribution in [3.8, 4) is 0 Å². The Morgan fingerprint density at radius 1 is 1.33 bits per heavy atom. The number of benzene rings is 1. The molecule has 1 heterocycles. The average Bonchev–Trinajstić information content (AvgIpc) is 2.76. The van der Waals surface area contributed by atoms with E-state index >= 15 is 0 Å². The molecule has 4 nitrogen and oxygen atoms in total. The van der Waals surface area contributed by atoms with Crippen LogP contribution in [-0.4, -0.2) is 11.0 Å². The van der Waals surface area contributed by atoms with Gasteiger partial charge in [0.25, 0.3) is 5.91 Å². The van der Waals surface area contributed by atoms with E-state index in [1.807, 2.05) is 0 Å². The first-order valence-corrected chi connectivity index (χ1v) is 6.21. The highest BCUT2D eigenvalue weighted by Crippen LogP contribution is 2.23. The van der Waals surface area contributed by atoms with Crippen molar-refractivity contribution < 1.29 is 14.3 Å². The molecular formula is C13H12BrNO3. The number of hydrogen-bond acceptors (Lipinski definition) is 3. The lowest BCUT2D eigenvalue weighted by Gasteiger charge is -2.12. The van der Waals surface area contributed by atoms with Crippen LogP contribution in [-0.2, 0) is 0 Å². The molecule has 1 aromatic heterocycles. The smallest absolute Gasteiger partial charge is 0.291 e. The quantitative estimate of drug-likeness (QED) is 0.914. The van der Waals surface area contributed by atoms with E-state index in [1.165, 1.54) is 0 Å². The lowest BCUT2D eigenvalue weighted by Crippen LogP contribution is -2.13. The van der Waals surface area contributed by atoms with Crippen molar-refractivity contribution in [1.82, 2.24) is 0 Å². The van der Waals surface area contributed by atoms with Crippen LogP contribution >= 0.6 is 15.9 Å². The van der Waals surface area contributed by atoms with Gasteiger partial charge in [0, 0.05) is 11.3 Å². The lowest BCUT2D eigenvalue weighted by molar-refractivity contribution is 0.0995. The van der Waals surface area contributed by atoms with Crippen LogP contribution < -0.4 is 5.32 Å². The Morgan fingerprint density at radius 3 is 2.67 bits per heavy atom. The van der Waals surface area contributed by atoms with E-state index in [0.717, 1.165) is 0 Å². The summed E-state index contributed by atoms with van der Waals surface area (Å²) >= 11 is 3.14. The first-order chi connectivity index (χ1) is 8.58. The second-order valence-corrected chi connectivity index (χ2v) is 4.60. The van der Waals surface area contributed by atoms with Gasteiger partial charge in [-0.25, -0.2) is 0 Å². The highest BCUT2D eigenvalue weighted by molar-refractivity contribution is 9.10. The third-order valence-electron chi connectivity index (χ3n) is 2.46. The number of amides is 1. The number of halogens is 1. The summed E-state index contributed by atoms with van der Waals surface area (Å²) in [7, 11) is 0. The number of aliphatic hydroxyl groups is 1. The Morgan fingerprint density at radius 2 is 2.06 bits per heavy atom. The summed E-state index contributed by atoms with van der Waals surface area (Å²) in [5.41, 5.74) is 1.24. The molecule has 0 aliphatic heterocycles. The van der Waals surface area contributed by atoms with Crippen molar-refractivity contribution in [2.24, 2.45) is 0 Å². The largest absolute Gasteiger partial charge is 0.444 e. The van der Waals surface area contributed by atoms with Gasteiger partial charge in [-0.1, -0.05) is 18.2 Å². The average molecular weight is 310 g/mol. The molecule has 1 unspecified atom stereocenters. The number of rotatable bonds is 3. The monoisotopic (exact) mass is 309 g/mol. The minimum atomic E-state index is -0.648. The molecule has 0 saturated heterocycles. The molecule has 0 aliphatic carbocycles. The Kier molecular flexibility index (Phi) is 3.84. The fourth-order valence-electron chi connectivity index (χ4n) is 1.60. The molecule has 2 rings (SSSR count). The predicted octanol–water partition coefficient (Wildman–Crippen LogP) is 3.35. The third-order valence-corrected chi connectivity index (χ3v) is 2.88. The molecule has 5 heteroatoms. The van der Waals surface area contributed by atoms with Gasteiger partial charge in [0.15, 0.2) is 10.4 Å². The molecule has 2 N–H and O–H groups in total. The molecule has 1 amide bonds. The number of carbonyl (C=O) groups excluding carboxylic acids is 1. The maximum atomic E-state index is 11.9. The zero-order valence-electron chi connectivity index (χ0n) is 9.68. The minimum absolute atomic E-state index is 0.210. The van der Waals surface area contributed by atoms with Crippen molar-refractivity contribution in [2.45, 2.75) is 13.0 Å².